The molecule has 0 spiro atoms. The molecule has 1 aliphatic rings. The average Bonchev–Trinajstić information content (AvgIpc) is 2.68. The Kier molecular flexibility index (Phi) is 12.0. The van der Waals surface area contributed by atoms with Crippen molar-refractivity contribution in [3.63, 3.8) is 0 Å². The van der Waals surface area contributed by atoms with Crippen molar-refractivity contribution in [3.8, 4) is 0 Å². The van der Waals surface area contributed by atoms with E-state index in [1.165, 1.54) is 31.3 Å². The minimum absolute atomic E-state index is 0.000904. The van der Waals surface area contributed by atoms with Crippen molar-refractivity contribution in [3.05, 3.63) is 34.6 Å². The Bertz CT molecular complexity index is 597. The van der Waals surface area contributed by atoms with Gasteiger partial charge in [-0.05, 0) is 88.9 Å². The standard InChI is InChI=1S/C27H48O3/c1-7-8-9-17-27(6,30)18-11-14-20(2)12-10-13-21(3)15-16-24-19-25(28)22(4)23(5)26(24)29/h14,19,21-22,25,28-30H,7-13,15-18H2,1-6H3/b20-14+. The predicted molar refractivity (Wildman–Crippen MR) is 129 cm³/mol. The third kappa shape index (κ3) is 9.83. The molecule has 1 rings (SSSR count). The molecular formula is C27H48O3. The van der Waals surface area contributed by atoms with E-state index in [0.717, 1.165) is 56.1 Å². The van der Waals surface area contributed by atoms with E-state index in [1.54, 1.807) is 0 Å². The highest BCUT2D eigenvalue weighted by atomic mass is 16.3. The van der Waals surface area contributed by atoms with Gasteiger partial charge in [0.2, 0.25) is 0 Å². The van der Waals surface area contributed by atoms with E-state index in [1.807, 2.05) is 26.8 Å². The molecule has 0 radical (unpaired) electrons. The Hall–Kier alpha value is -1.06. The Morgan fingerprint density at radius 3 is 2.57 bits per heavy atom. The molecule has 0 saturated heterocycles. The van der Waals surface area contributed by atoms with Crippen LogP contribution in [0.1, 0.15) is 112 Å². The van der Waals surface area contributed by atoms with Gasteiger partial charge in [-0.25, -0.2) is 0 Å². The van der Waals surface area contributed by atoms with Crippen molar-refractivity contribution >= 4 is 0 Å². The Morgan fingerprint density at radius 2 is 1.90 bits per heavy atom. The van der Waals surface area contributed by atoms with Crippen LogP contribution in [0.4, 0.5) is 0 Å². The molecule has 0 amide bonds. The van der Waals surface area contributed by atoms with Crippen molar-refractivity contribution in [1.29, 1.82) is 0 Å². The summed E-state index contributed by atoms with van der Waals surface area (Å²) in [6.45, 7) is 12.5. The molecule has 0 saturated carbocycles. The number of hydrogen-bond acceptors (Lipinski definition) is 3. The highest BCUT2D eigenvalue weighted by Crippen LogP contribution is 2.32. The first-order valence-corrected chi connectivity index (χ1v) is 12.2. The molecule has 3 nitrogen and oxygen atoms in total. The van der Waals surface area contributed by atoms with Crippen molar-refractivity contribution in [1.82, 2.24) is 0 Å². The highest BCUT2D eigenvalue weighted by Gasteiger charge is 2.24. The van der Waals surface area contributed by atoms with Crippen LogP contribution in [0.2, 0.25) is 0 Å². The summed E-state index contributed by atoms with van der Waals surface area (Å²) in [7, 11) is 0. The first kappa shape index (κ1) is 27.0. The maximum atomic E-state index is 10.5. The van der Waals surface area contributed by atoms with Gasteiger partial charge in [0.05, 0.1) is 11.7 Å². The summed E-state index contributed by atoms with van der Waals surface area (Å²) < 4.78 is 0. The fourth-order valence-corrected chi connectivity index (χ4v) is 4.24. The smallest absolute Gasteiger partial charge is 0.117 e. The summed E-state index contributed by atoms with van der Waals surface area (Å²) in [5.74, 6) is 0.993. The van der Waals surface area contributed by atoms with Crippen LogP contribution in [0.3, 0.4) is 0 Å². The van der Waals surface area contributed by atoms with Gasteiger partial charge in [-0.1, -0.05) is 58.1 Å². The molecule has 0 aliphatic heterocycles. The molecule has 0 fully saturated rings. The number of unbranched alkanes of at least 4 members (excludes halogenated alkanes) is 2. The number of hydrogen-bond donors (Lipinski definition) is 3. The first-order valence-electron chi connectivity index (χ1n) is 12.2. The SMILES string of the molecule is CCCCCC(C)(O)CC/C=C(\C)CCCC(C)CCC1=CC(O)C(C)C(C)=C1O. The van der Waals surface area contributed by atoms with Crippen molar-refractivity contribution in [2.45, 2.75) is 124 Å². The van der Waals surface area contributed by atoms with Gasteiger partial charge >= 0.3 is 0 Å². The minimum atomic E-state index is -0.530. The molecule has 0 aromatic rings. The molecule has 1 aliphatic carbocycles. The molecule has 3 heteroatoms. The Morgan fingerprint density at radius 1 is 1.20 bits per heavy atom. The second-order valence-electron chi connectivity index (χ2n) is 10.1. The van der Waals surface area contributed by atoms with Crippen LogP contribution >= 0.6 is 0 Å². The second-order valence-corrected chi connectivity index (χ2v) is 10.1. The van der Waals surface area contributed by atoms with E-state index < -0.39 is 11.7 Å². The van der Waals surface area contributed by atoms with Crippen molar-refractivity contribution < 1.29 is 15.3 Å². The lowest BCUT2D eigenvalue weighted by atomic mass is 9.84. The molecule has 30 heavy (non-hydrogen) atoms. The number of allylic oxidation sites excluding steroid dienone is 3. The van der Waals surface area contributed by atoms with Crippen LogP contribution in [-0.2, 0) is 0 Å². The van der Waals surface area contributed by atoms with E-state index >= 15 is 0 Å². The summed E-state index contributed by atoms with van der Waals surface area (Å²) in [6, 6.07) is 0. The van der Waals surface area contributed by atoms with Crippen LogP contribution < -0.4 is 0 Å². The van der Waals surface area contributed by atoms with Gasteiger partial charge in [0.1, 0.15) is 5.76 Å². The van der Waals surface area contributed by atoms with Crippen LogP contribution in [0.15, 0.2) is 34.6 Å². The van der Waals surface area contributed by atoms with Gasteiger partial charge in [0, 0.05) is 5.92 Å². The molecule has 174 valence electrons. The third-order valence-electron chi connectivity index (χ3n) is 6.91. The van der Waals surface area contributed by atoms with Crippen LogP contribution in [0, 0.1) is 11.8 Å². The maximum absolute atomic E-state index is 10.5. The van der Waals surface area contributed by atoms with Crippen molar-refractivity contribution in [2.24, 2.45) is 11.8 Å². The molecule has 0 bridgehead atoms. The lowest BCUT2D eigenvalue weighted by molar-refractivity contribution is 0.0403. The largest absolute Gasteiger partial charge is 0.508 e. The van der Waals surface area contributed by atoms with Gasteiger partial charge in [-0.15, -0.1) is 0 Å². The van der Waals surface area contributed by atoms with Crippen LogP contribution in [-0.4, -0.2) is 27.0 Å². The lowest BCUT2D eigenvalue weighted by Crippen LogP contribution is -2.23. The summed E-state index contributed by atoms with van der Waals surface area (Å²) >= 11 is 0. The maximum Gasteiger partial charge on any atom is 0.117 e. The molecule has 3 N–H and O–H groups in total. The Balaban J connectivity index is 2.28. The van der Waals surface area contributed by atoms with Gasteiger partial charge < -0.3 is 15.3 Å². The second kappa shape index (κ2) is 13.4. The van der Waals surface area contributed by atoms with E-state index in [0.29, 0.717) is 11.7 Å². The summed E-state index contributed by atoms with van der Waals surface area (Å²) in [4.78, 5) is 0. The molecule has 0 aromatic carbocycles. The fourth-order valence-electron chi connectivity index (χ4n) is 4.24. The van der Waals surface area contributed by atoms with Gasteiger partial charge in [0.15, 0.2) is 0 Å². The highest BCUT2D eigenvalue weighted by molar-refractivity contribution is 5.35. The molecule has 0 aromatic heterocycles. The predicted octanol–water partition coefficient (Wildman–Crippen LogP) is 7.40. The van der Waals surface area contributed by atoms with E-state index in [-0.39, 0.29) is 5.92 Å². The normalized spacial score (nSPS) is 23.3. The summed E-state index contributed by atoms with van der Waals surface area (Å²) in [6.07, 6.45) is 15.2. The average molecular weight is 421 g/mol. The zero-order valence-corrected chi connectivity index (χ0v) is 20.5. The topological polar surface area (TPSA) is 60.7 Å². The summed E-state index contributed by atoms with van der Waals surface area (Å²) in [5.41, 5.74) is 2.71. The Labute approximate surface area is 186 Å². The van der Waals surface area contributed by atoms with E-state index in [9.17, 15) is 15.3 Å². The van der Waals surface area contributed by atoms with E-state index in [2.05, 4.69) is 26.8 Å². The van der Waals surface area contributed by atoms with Crippen molar-refractivity contribution in [2.75, 3.05) is 0 Å². The quantitative estimate of drug-likeness (QED) is 0.203. The van der Waals surface area contributed by atoms with Gasteiger partial charge in [-0.2, -0.15) is 0 Å². The zero-order valence-electron chi connectivity index (χ0n) is 20.5. The monoisotopic (exact) mass is 420 g/mol. The number of aliphatic hydroxyl groups excluding tert-OH is 2. The molecular weight excluding hydrogens is 372 g/mol. The van der Waals surface area contributed by atoms with E-state index in [4.69, 9.17) is 0 Å². The lowest BCUT2D eigenvalue weighted by Gasteiger charge is -2.26. The van der Waals surface area contributed by atoms with Gasteiger partial charge in [-0.3, -0.25) is 0 Å². The number of rotatable bonds is 14. The summed E-state index contributed by atoms with van der Waals surface area (Å²) in [5, 5.41) is 31.0. The molecule has 4 atom stereocenters. The van der Waals surface area contributed by atoms with Crippen LogP contribution in [0.5, 0.6) is 0 Å². The van der Waals surface area contributed by atoms with Crippen LogP contribution in [0.25, 0.3) is 0 Å². The van der Waals surface area contributed by atoms with Gasteiger partial charge in [0.25, 0.3) is 0 Å². The molecule has 0 heterocycles. The third-order valence-corrected chi connectivity index (χ3v) is 6.91. The first-order chi connectivity index (χ1) is 14.1. The molecule has 4 unspecified atom stereocenters. The fraction of sp³-hybridized carbons (Fsp3) is 0.778. The number of aliphatic hydroxyl groups is 3. The minimum Gasteiger partial charge on any atom is -0.508 e. The zero-order chi connectivity index (χ0) is 22.7.